The minimum absolute atomic E-state index is 0.289. The number of benzene rings is 2. The highest BCUT2D eigenvalue weighted by atomic mass is 19.1. The molecule has 0 saturated carbocycles. The molecule has 0 bridgehead atoms. The van der Waals surface area contributed by atoms with Gasteiger partial charge in [0.25, 0.3) is 0 Å². The first kappa shape index (κ1) is 19.6. The number of nitrogens with one attached hydrogen (secondary N) is 1. The first-order valence-corrected chi connectivity index (χ1v) is 9.57. The van der Waals surface area contributed by atoms with E-state index in [1.54, 1.807) is 12.4 Å². The van der Waals surface area contributed by atoms with Gasteiger partial charge in [-0.2, -0.15) is 0 Å². The third kappa shape index (κ3) is 4.84. The van der Waals surface area contributed by atoms with E-state index in [9.17, 15) is 8.78 Å². The van der Waals surface area contributed by atoms with Crippen molar-refractivity contribution in [3.63, 3.8) is 0 Å². The van der Waals surface area contributed by atoms with Crippen LogP contribution in [0.5, 0.6) is 5.75 Å². The number of aryl methyl sites for hydroxylation is 1. The van der Waals surface area contributed by atoms with Gasteiger partial charge in [0.1, 0.15) is 29.3 Å². The molecule has 1 aromatic heterocycles. The molecule has 4 rings (SSSR count). The van der Waals surface area contributed by atoms with Gasteiger partial charge < -0.3 is 15.0 Å². The Kier molecular flexibility index (Phi) is 5.75. The van der Waals surface area contributed by atoms with E-state index in [0.717, 1.165) is 23.1 Å². The van der Waals surface area contributed by atoms with Crippen LogP contribution in [-0.4, -0.2) is 16.0 Å². The van der Waals surface area contributed by atoms with E-state index in [4.69, 9.17) is 4.74 Å². The van der Waals surface area contributed by atoms with Crippen molar-refractivity contribution in [3.05, 3.63) is 114 Å². The number of pyridine rings is 1. The Morgan fingerprint density at radius 2 is 1.77 bits per heavy atom. The number of hydrogen-bond donors (Lipinski definition) is 1. The number of hydrogen-bond acceptors (Lipinski definition) is 4. The molecule has 1 atom stereocenters. The summed E-state index contributed by atoms with van der Waals surface area (Å²) in [4.78, 5) is 5.98. The standard InChI is InChI=1S/C24H21F2N3O/c1-17-4-2-3-5-23(17)30-22-8-11-29(16-18-12-19(25)14-20(26)13-18)24(15-22)28-21-6-9-27-10-7-21/h2-15,24H,16H2,1H3,(H,27,28). The van der Waals surface area contributed by atoms with Crippen molar-refractivity contribution >= 4 is 5.69 Å². The molecule has 2 heterocycles. The lowest BCUT2D eigenvalue weighted by atomic mass is 10.1. The maximum atomic E-state index is 13.6. The maximum absolute atomic E-state index is 13.6. The van der Waals surface area contributed by atoms with Gasteiger partial charge in [-0.1, -0.05) is 18.2 Å². The second kappa shape index (κ2) is 8.78. The van der Waals surface area contributed by atoms with E-state index in [2.05, 4.69) is 10.3 Å². The van der Waals surface area contributed by atoms with Gasteiger partial charge >= 0.3 is 0 Å². The van der Waals surface area contributed by atoms with Gasteiger partial charge in [-0.15, -0.1) is 0 Å². The molecule has 1 N–H and O–H groups in total. The zero-order chi connectivity index (χ0) is 20.9. The zero-order valence-corrected chi connectivity index (χ0v) is 16.4. The Morgan fingerprint density at radius 3 is 2.50 bits per heavy atom. The van der Waals surface area contributed by atoms with Crippen LogP contribution in [0.4, 0.5) is 14.5 Å². The molecule has 2 aromatic carbocycles. The average molecular weight is 405 g/mol. The molecule has 0 aliphatic carbocycles. The molecule has 4 nitrogen and oxygen atoms in total. The largest absolute Gasteiger partial charge is 0.457 e. The SMILES string of the molecule is Cc1ccccc1OC1=CC(Nc2ccncc2)N(Cc2cc(F)cc(F)c2)C=C1. The van der Waals surface area contributed by atoms with Crippen molar-refractivity contribution in [2.75, 3.05) is 5.32 Å². The molecular formula is C24H21F2N3O. The van der Waals surface area contributed by atoms with Gasteiger partial charge in [0.05, 0.1) is 0 Å². The number of ether oxygens (including phenoxy) is 1. The molecule has 30 heavy (non-hydrogen) atoms. The molecule has 0 saturated heterocycles. The Labute approximate surface area is 174 Å². The summed E-state index contributed by atoms with van der Waals surface area (Å²) in [6, 6.07) is 15.0. The number of para-hydroxylation sites is 1. The van der Waals surface area contributed by atoms with Crippen LogP contribution in [0.25, 0.3) is 0 Å². The van der Waals surface area contributed by atoms with Gasteiger partial charge in [-0.25, -0.2) is 8.78 Å². The summed E-state index contributed by atoms with van der Waals surface area (Å²) in [7, 11) is 0. The summed E-state index contributed by atoms with van der Waals surface area (Å²) < 4.78 is 33.3. The normalized spacial score (nSPS) is 15.6. The fourth-order valence-corrected chi connectivity index (χ4v) is 3.24. The topological polar surface area (TPSA) is 37.4 Å². The first-order chi connectivity index (χ1) is 14.6. The lowest BCUT2D eigenvalue weighted by Crippen LogP contribution is -2.37. The number of allylic oxidation sites excluding steroid dienone is 1. The summed E-state index contributed by atoms with van der Waals surface area (Å²) >= 11 is 0. The second-order valence-electron chi connectivity index (χ2n) is 7.03. The Hall–Kier alpha value is -3.67. The van der Waals surface area contributed by atoms with Crippen LogP contribution in [0.15, 0.2) is 91.1 Å². The molecule has 1 aliphatic heterocycles. The van der Waals surface area contributed by atoms with Crippen LogP contribution in [-0.2, 0) is 6.54 Å². The molecule has 6 heteroatoms. The Bertz CT molecular complexity index is 1060. The molecule has 1 aliphatic rings. The summed E-state index contributed by atoms with van der Waals surface area (Å²) in [5.41, 5.74) is 2.44. The van der Waals surface area contributed by atoms with E-state index in [0.29, 0.717) is 17.9 Å². The molecule has 1 unspecified atom stereocenters. The van der Waals surface area contributed by atoms with E-state index in [-0.39, 0.29) is 6.17 Å². The van der Waals surface area contributed by atoms with E-state index < -0.39 is 11.6 Å². The third-order valence-corrected chi connectivity index (χ3v) is 4.71. The van der Waals surface area contributed by atoms with Gasteiger partial charge in [0, 0.05) is 43.0 Å². The zero-order valence-electron chi connectivity index (χ0n) is 16.4. The maximum Gasteiger partial charge on any atom is 0.130 e. The van der Waals surface area contributed by atoms with Crippen LogP contribution in [0.3, 0.4) is 0 Å². The van der Waals surface area contributed by atoms with Crippen molar-refractivity contribution < 1.29 is 13.5 Å². The van der Waals surface area contributed by atoms with Crippen molar-refractivity contribution in [1.29, 1.82) is 0 Å². The molecule has 3 aromatic rings. The number of halogens is 2. The average Bonchev–Trinajstić information content (AvgIpc) is 2.72. The molecule has 0 radical (unpaired) electrons. The monoisotopic (exact) mass is 405 g/mol. The van der Waals surface area contributed by atoms with Crippen molar-refractivity contribution in [2.45, 2.75) is 19.6 Å². The summed E-state index contributed by atoms with van der Waals surface area (Å²) in [6.45, 7) is 2.31. The van der Waals surface area contributed by atoms with Crippen LogP contribution in [0.1, 0.15) is 11.1 Å². The molecule has 0 spiro atoms. The number of rotatable bonds is 6. The van der Waals surface area contributed by atoms with Crippen LogP contribution in [0.2, 0.25) is 0 Å². The predicted octanol–water partition coefficient (Wildman–Crippen LogP) is 5.40. The van der Waals surface area contributed by atoms with Crippen LogP contribution >= 0.6 is 0 Å². The van der Waals surface area contributed by atoms with Crippen LogP contribution in [0, 0.1) is 18.6 Å². The fourth-order valence-electron chi connectivity index (χ4n) is 3.24. The second-order valence-corrected chi connectivity index (χ2v) is 7.03. The summed E-state index contributed by atoms with van der Waals surface area (Å²) in [6.07, 6.45) is 8.73. The molecule has 152 valence electrons. The van der Waals surface area contributed by atoms with Crippen molar-refractivity contribution in [2.24, 2.45) is 0 Å². The lowest BCUT2D eigenvalue weighted by molar-refractivity contribution is 0.313. The number of nitrogens with zero attached hydrogens (tertiary/aromatic N) is 2. The van der Waals surface area contributed by atoms with Crippen molar-refractivity contribution in [3.8, 4) is 5.75 Å². The van der Waals surface area contributed by atoms with E-state index >= 15 is 0 Å². The molecule has 0 fully saturated rings. The third-order valence-electron chi connectivity index (χ3n) is 4.71. The molecule has 0 amide bonds. The highest BCUT2D eigenvalue weighted by molar-refractivity contribution is 5.44. The smallest absolute Gasteiger partial charge is 0.130 e. The highest BCUT2D eigenvalue weighted by Gasteiger charge is 2.20. The molecular weight excluding hydrogens is 384 g/mol. The number of anilines is 1. The number of aromatic nitrogens is 1. The van der Waals surface area contributed by atoms with Gasteiger partial charge in [-0.05, 0) is 54.5 Å². The first-order valence-electron chi connectivity index (χ1n) is 9.57. The van der Waals surface area contributed by atoms with E-state index in [1.165, 1.54) is 12.1 Å². The lowest BCUT2D eigenvalue weighted by Gasteiger charge is -2.33. The van der Waals surface area contributed by atoms with Gasteiger partial charge in [0.15, 0.2) is 0 Å². The van der Waals surface area contributed by atoms with E-state index in [1.807, 2.05) is 66.6 Å². The summed E-state index contributed by atoms with van der Waals surface area (Å²) in [5, 5.41) is 3.40. The minimum Gasteiger partial charge on any atom is -0.457 e. The predicted molar refractivity (Wildman–Crippen MR) is 113 cm³/mol. The fraction of sp³-hybridized carbons (Fsp3) is 0.125. The van der Waals surface area contributed by atoms with Crippen LogP contribution < -0.4 is 10.1 Å². The summed E-state index contributed by atoms with van der Waals surface area (Å²) in [5.74, 6) is 0.266. The van der Waals surface area contributed by atoms with Crippen molar-refractivity contribution in [1.82, 2.24) is 9.88 Å². The minimum atomic E-state index is -0.594. The quantitative estimate of drug-likeness (QED) is 0.596. The Morgan fingerprint density at radius 1 is 1.03 bits per heavy atom. The van der Waals surface area contributed by atoms with Gasteiger partial charge in [0.2, 0.25) is 0 Å². The van der Waals surface area contributed by atoms with Gasteiger partial charge in [-0.3, -0.25) is 4.98 Å². The highest BCUT2D eigenvalue weighted by Crippen LogP contribution is 2.24. The Balaban J connectivity index is 1.59.